The van der Waals surface area contributed by atoms with Crippen LogP contribution in [0.15, 0.2) is 30.3 Å². The zero-order chi connectivity index (χ0) is 36.6. The number of nitrogens with zero attached hydrogens (tertiary/aromatic N) is 3. The van der Waals surface area contributed by atoms with E-state index in [-0.39, 0.29) is 37.2 Å². The topological polar surface area (TPSA) is 169 Å². The fourth-order valence-electron chi connectivity index (χ4n) is 6.61. The maximum absolute atomic E-state index is 13.8. The van der Waals surface area contributed by atoms with Crippen molar-refractivity contribution in [1.82, 2.24) is 20.0 Å². The van der Waals surface area contributed by atoms with E-state index in [0.717, 1.165) is 6.42 Å². The Labute approximate surface area is 293 Å². The van der Waals surface area contributed by atoms with Crippen molar-refractivity contribution in [3.8, 4) is 0 Å². The number of hydrogen-bond donors (Lipinski definition) is 1. The largest absolute Gasteiger partial charge is 0.464 e. The highest BCUT2D eigenvalue weighted by molar-refractivity contribution is 5.98. The predicted octanol–water partition coefficient (Wildman–Crippen LogP) is 2.87. The molecule has 3 heterocycles. The Morgan fingerprint density at radius 3 is 2.24 bits per heavy atom. The van der Waals surface area contributed by atoms with E-state index in [0.29, 0.717) is 50.8 Å². The number of rotatable bonds is 11. The minimum Gasteiger partial charge on any atom is -0.464 e. The number of ketones is 1. The first kappa shape index (κ1) is 38.3. The Kier molecular flexibility index (Phi) is 13.0. The van der Waals surface area contributed by atoms with Gasteiger partial charge in [0.05, 0.1) is 6.42 Å². The van der Waals surface area contributed by atoms with Crippen LogP contribution in [0.25, 0.3) is 0 Å². The second kappa shape index (κ2) is 16.9. The number of carbonyl (C=O) groups excluding carboxylic acids is 7. The van der Waals surface area contributed by atoms with Crippen molar-refractivity contribution in [3.63, 3.8) is 0 Å². The third-order valence-electron chi connectivity index (χ3n) is 9.06. The molecule has 0 aromatic heterocycles. The number of nitrogens with one attached hydrogen (secondary N) is 1. The summed E-state index contributed by atoms with van der Waals surface area (Å²) in [6, 6.07) is 4.97. The van der Waals surface area contributed by atoms with Crippen molar-refractivity contribution >= 4 is 41.5 Å². The summed E-state index contributed by atoms with van der Waals surface area (Å²) in [7, 11) is 0. The van der Waals surface area contributed by atoms with E-state index in [9.17, 15) is 33.6 Å². The van der Waals surface area contributed by atoms with E-state index >= 15 is 0 Å². The molecule has 0 aliphatic carbocycles. The lowest BCUT2D eigenvalue weighted by molar-refractivity contribution is -0.156. The second-order valence-corrected chi connectivity index (χ2v) is 14.3. The number of hydrogen-bond acceptors (Lipinski definition) is 10. The number of ether oxygens (including phenoxy) is 3. The van der Waals surface area contributed by atoms with E-state index < -0.39 is 66.2 Å². The Hall–Kier alpha value is -4.49. The summed E-state index contributed by atoms with van der Waals surface area (Å²) >= 11 is 0. The molecule has 0 saturated carbocycles. The molecule has 14 heteroatoms. The Balaban J connectivity index is 1.29. The molecular weight excluding hydrogens is 648 g/mol. The molecule has 0 bridgehead atoms. The molecular formula is C36H50N4O10. The number of piperidine rings is 1. The van der Waals surface area contributed by atoms with Crippen LogP contribution in [0, 0.1) is 5.92 Å². The van der Waals surface area contributed by atoms with E-state index in [1.54, 1.807) is 51.1 Å². The lowest BCUT2D eigenvalue weighted by Gasteiger charge is -2.38. The van der Waals surface area contributed by atoms with Gasteiger partial charge in [0.1, 0.15) is 36.4 Å². The van der Waals surface area contributed by atoms with Crippen molar-refractivity contribution < 1.29 is 47.8 Å². The molecule has 1 aromatic rings. The number of amides is 4. The van der Waals surface area contributed by atoms with Gasteiger partial charge in [-0.15, -0.1) is 0 Å². The monoisotopic (exact) mass is 698 g/mol. The van der Waals surface area contributed by atoms with Crippen LogP contribution in [0.5, 0.6) is 0 Å². The molecule has 0 spiro atoms. The fourth-order valence-corrected chi connectivity index (χ4v) is 6.61. The quantitative estimate of drug-likeness (QED) is 0.206. The standard InChI is InChI=1S/C36H50N4O10/c1-23-20-28(34(46)48-19-16-30(42)49-22-29(41)25-12-7-6-8-13-25)40(21-23)32(44)24(2)37-31(43)26-14-9-10-17-38(26)33(45)27-15-11-18-39(27)35(47)50-36(3,4)5/h6-8,12-13,23-24,26-28H,9-11,14-22H2,1-5H3,(H,37,43). The van der Waals surface area contributed by atoms with Gasteiger partial charge in [-0.05, 0) is 72.1 Å². The zero-order valence-corrected chi connectivity index (χ0v) is 29.7. The van der Waals surface area contributed by atoms with E-state index in [4.69, 9.17) is 14.2 Å². The van der Waals surface area contributed by atoms with Gasteiger partial charge in [0, 0.05) is 25.2 Å². The van der Waals surface area contributed by atoms with Gasteiger partial charge >= 0.3 is 18.0 Å². The molecule has 5 unspecified atom stereocenters. The first-order valence-corrected chi connectivity index (χ1v) is 17.5. The van der Waals surface area contributed by atoms with Crippen molar-refractivity contribution in [2.45, 2.75) is 109 Å². The van der Waals surface area contributed by atoms with E-state index in [1.807, 2.05) is 6.92 Å². The van der Waals surface area contributed by atoms with Gasteiger partial charge in [-0.3, -0.25) is 28.9 Å². The number of likely N-dealkylation sites (tertiary alicyclic amines) is 3. The van der Waals surface area contributed by atoms with E-state index in [1.165, 1.54) is 21.6 Å². The smallest absolute Gasteiger partial charge is 0.410 e. The highest BCUT2D eigenvalue weighted by Crippen LogP contribution is 2.27. The van der Waals surface area contributed by atoms with Crippen LogP contribution < -0.4 is 5.32 Å². The molecule has 3 aliphatic heterocycles. The van der Waals surface area contributed by atoms with Crippen molar-refractivity contribution in [1.29, 1.82) is 0 Å². The van der Waals surface area contributed by atoms with Gasteiger partial charge in [-0.1, -0.05) is 37.3 Å². The van der Waals surface area contributed by atoms with Gasteiger partial charge in [0.2, 0.25) is 17.7 Å². The first-order chi connectivity index (χ1) is 23.7. The summed E-state index contributed by atoms with van der Waals surface area (Å²) in [5, 5.41) is 2.76. The average Bonchev–Trinajstić information content (AvgIpc) is 3.73. The highest BCUT2D eigenvalue weighted by Gasteiger charge is 2.44. The molecule has 3 aliphatic rings. The maximum Gasteiger partial charge on any atom is 0.410 e. The van der Waals surface area contributed by atoms with Crippen LogP contribution in [0.1, 0.15) is 89.9 Å². The molecule has 274 valence electrons. The van der Waals surface area contributed by atoms with Crippen molar-refractivity contribution in [2.24, 2.45) is 5.92 Å². The molecule has 1 aromatic carbocycles. The van der Waals surface area contributed by atoms with Crippen LogP contribution in [-0.2, 0) is 38.2 Å². The number of carbonyl (C=O) groups is 7. The average molecular weight is 699 g/mol. The van der Waals surface area contributed by atoms with Crippen LogP contribution in [0.2, 0.25) is 0 Å². The Bertz CT molecular complexity index is 1430. The van der Waals surface area contributed by atoms with Gasteiger partial charge < -0.3 is 29.3 Å². The molecule has 4 amide bonds. The summed E-state index contributed by atoms with van der Waals surface area (Å²) in [6.07, 6.45) is 2.48. The maximum atomic E-state index is 13.8. The molecule has 0 radical (unpaired) electrons. The normalized spacial score (nSPS) is 22.8. The van der Waals surface area contributed by atoms with Gasteiger partial charge in [0.15, 0.2) is 12.4 Å². The lowest BCUT2D eigenvalue weighted by Crippen LogP contribution is -2.59. The molecule has 1 N–H and O–H groups in total. The minimum absolute atomic E-state index is 0.0147. The predicted molar refractivity (Wildman–Crippen MR) is 180 cm³/mol. The zero-order valence-electron chi connectivity index (χ0n) is 29.7. The Morgan fingerprint density at radius 2 is 1.54 bits per heavy atom. The second-order valence-electron chi connectivity index (χ2n) is 14.3. The Morgan fingerprint density at radius 1 is 0.860 bits per heavy atom. The lowest BCUT2D eigenvalue weighted by atomic mass is 9.99. The summed E-state index contributed by atoms with van der Waals surface area (Å²) in [5.41, 5.74) is -0.302. The van der Waals surface area contributed by atoms with Crippen molar-refractivity contribution in [3.05, 3.63) is 35.9 Å². The summed E-state index contributed by atoms with van der Waals surface area (Å²) in [6.45, 7) is 9.02. The summed E-state index contributed by atoms with van der Waals surface area (Å²) < 4.78 is 15.9. The molecule has 50 heavy (non-hydrogen) atoms. The van der Waals surface area contributed by atoms with Gasteiger partial charge in [-0.2, -0.15) is 0 Å². The molecule has 3 saturated heterocycles. The first-order valence-electron chi connectivity index (χ1n) is 17.5. The third-order valence-corrected chi connectivity index (χ3v) is 9.06. The minimum atomic E-state index is -0.996. The fraction of sp³-hybridized carbons (Fsp3) is 0.639. The van der Waals surface area contributed by atoms with Crippen LogP contribution in [-0.4, -0.2) is 119 Å². The molecule has 3 fully saturated rings. The van der Waals surface area contributed by atoms with Crippen LogP contribution in [0.3, 0.4) is 0 Å². The number of benzene rings is 1. The summed E-state index contributed by atoms with van der Waals surface area (Å²) in [5.74, 6) is -3.00. The summed E-state index contributed by atoms with van der Waals surface area (Å²) in [4.78, 5) is 95.5. The molecule has 5 atom stereocenters. The highest BCUT2D eigenvalue weighted by atomic mass is 16.6. The van der Waals surface area contributed by atoms with Gasteiger partial charge in [-0.25, -0.2) is 9.59 Å². The third kappa shape index (κ3) is 10.0. The van der Waals surface area contributed by atoms with Crippen LogP contribution in [0.4, 0.5) is 4.79 Å². The number of esters is 2. The van der Waals surface area contributed by atoms with E-state index in [2.05, 4.69) is 5.32 Å². The number of Topliss-reactive ketones (excluding diaryl/α,β-unsaturated/α-hetero) is 1. The van der Waals surface area contributed by atoms with Gasteiger partial charge in [0.25, 0.3) is 0 Å². The molecule has 4 rings (SSSR count). The molecule has 14 nitrogen and oxygen atoms in total. The SMILES string of the molecule is CC1CC(C(=O)OCCC(=O)OCC(=O)c2ccccc2)N(C(=O)C(C)NC(=O)C2CCCCN2C(=O)C2CCCN2C(=O)OC(C)(C)C)C1. The van der Waals surface area contributed by atoms with Crippen LogP contribution >= 0.6 is 0 Å². The van der Waals surface area contributed by atoms with Crippen molar-refractivity contribution in [2.75, 3.05) is 32.8 Å².